The average Bonchev–Trinajstić information content (AvgIpc) is 2.93. The minimum absolute atomic E-state index is 0.0785. The van der Waals surface area contributed by atoms with Gasteiger partial charge in [-0.3, -0.25) is 4.79 Å². The van der Waals surface area contributed by atoms with Gasteiger partial charge in [0.1, 0.15) is 0 Å². The summed E-state index contributed by atoms with van der Waals surface area (Å²) >= 11 is 0. The molecule has 1 aromatic rings. The zero-order chi connectivity index (χ0) is 15.3. The number of para-hydroxylation sites is 1. The van der Waals surface area contributed by atoms with Gasteiger partial charge in [0.25, 0.3) is 0 Å². The van der Waals surface area contributed by atoms with E-state index in [0.29, 0.717) is 17.1 Å². The van der Waals surface area contributed by atoms with Crippen LogP contribution in [-0.4, -0.2) is 34.0 Å². The van der Waals surface area contributed by atoms with Crippen LogP contribution in [0.3, 0.4) is 0 Å². The molecule has 8 heteroatoms. The molecule has 0 aliphatic carbocycles. The SMILES string of the molecule is COC(=O)CCCS(=O)(=O)NCc1cccc2c1OCO2. The molecule has 0 atom stereocenters. The van der Waals surface area contributed by atoms with Crippen molar-refractivity contribution in [2.24, 2.45) is 0 Å². The number of hydrogen-bond acceptors (Lipinski definition) is 6. The first kappa shape index (κ1) is 15.6. The lowest BCUT2D eigenvalue weighted by Gasteiger charge is -2.08. The van der Waals surface area contributed by atoms with Crippen LogP contribution >= 0.6 is 0 Å². The van der Waals surface area contributed by atoms with E-state index in [9.17, 15) is 13.2 Å². The third-order valence-electron chi connectivity index (χ3n) is 2.98. The molecule has 0 aromatic heterocycles. The maximum atomic E-state index is 11.8. The molecule has 1 aromatic carbocycles. The molecular formula is C13H17NO6S. The highest BCUT2D eigenvalue weighted by molar-refractivity contribution is 7.89. The Balaban J connectivity index is 1.87. The summed E-state index contributed by atoms with van der Waals surface area (Å²) in [6.45, 7) is 0.255. The minimum atomic E-state index is -3.46. The molecule has 1 aliphatic rings. The summed E-state index contributed by atoms with van der Waals surface area (Å²) in [5, 5.41) is 0. The number of hydrogen-bond donors (Lipinski definition) is 1. The van der Waals surface area contributed by atoms with Crippen molar-refractivity contribution in [2.75, 3.05) is 19.7 Å². The number of fused-ring (bicyclic) bond motifs is 1. The van der Waals surface area contributed by atoms with Crippen LogP contribution in [0.25, 0.3) is 0 Å². The van der Waals surface area contributed by atoms with E-state index in [4.69, 9.17) is 9.47 Å². The van der Waals surface area contributed by atoms with E-state index in [1.54, 1.807) is 18.2 Å². The van der Waals surface area contributed by atoms with Crippen LogP contribution in [-0.2, 0) is 26.1 Å². The van der Waals surface area contributed by atoms with Gasteiger partial charge in [0, 0.05) is 18.5 Å². The fourth-order valence-corrected chi connectivity index (χ4v) is 2.94. The van der Waals surface area contributed by atoms with Gasteiger partial charge in [-0.2, -0.15) is 0 Å². The van der Waals surface area contributed by atoms with Crippen LogP contribution in [0.15, 0.2) is 18.2 Å². The smallest absolute Gasteiger partial charge is 0.305 e. The number of carbonyl (C=O) groups is 1. The topological polar surface area (TPSA) is 90.9 Å². The number of sulfonamides is 1. The van der Waals surface area contributed by atoms with Crippen molar-refractivity contribution in [2.45, 2.75) is 19.4 Å². The number of ether oxygens (including phenoxy) is 3. The molecule has 0 saturated heterocycles. The monoisotopic (exact) mass is 315 g/mol. The zero-order valence-electron chi connectivity index (χ0n) is 11.6. The third-order valence-corrected chi connectivity index (χ3v) is 4.39. The molecule has 2 rings (SSSR count). The van der Waals surface area contributed by atoms with Crippen molar-refractivity contribution in [3.63, 3.8) is 0 Å². The van der Waals surface area contributed by atoms with Gasteiger partial charge in [0.05, 0.1) is 12.9 Å². The fourth-order valence-electron chi connectivity index (χ4n) is 1.90. The van der Waals surface area contributed by atoms with Crippen molar-refractivity contribution in [3.05, 3.63) is 23.8 Å². The number of benzene rings is 1. The number of methoxy groups -OCH3 is 1. The maximum Gasteiger partial charge on any atom is 0.305 e. The normalized spacial score (nSPS) is 13.2. The van der Waals surface area contributed by atoms with Crippen LogP contribution < -0.4 is 14.2 Å². The van der Waals surface area contributed by atoms with Gasteiger partial charge in [-0.05, 0) is 12.5 Å². The Kier molecular flexibility index (Phi) is 5.03. The molecule has 0 unspecified atom stereocenters. The Morgan fingerprint density at radius 2 is 2.19 bits per heavy atom. The van der Waals surface area contributed by atoms with Gasteiger partial charge in [-0.15, -0.1) is 0 Å². The Morgan fingerprint density at radius 3 is 2.95 bits per heavy atom. The van der Waals surface area contributed by atoms with Crippen molar-refractivity contribution >= 4 is 16.0 Å². The van der Waals surface area contributed by atoms with Crippen LogP contribution in [0.2, 0.25) is 0 Å². The highest BCUT2D eigenvalue weighted by Gasteiger charge is 2.19. The third kappa shape index (κ3) is 4.33. The molecule has 0 radical (unpaired) electrons. The van der Waals surface area contributed by atoms with E-state index in [-0.39, 0.29) is 31.9 Å². The molecule has 21 heavy (non-hydrogen) atoms. The highest BCUT2D eigenvalue weighted by atomic mass is 32.2. The summed E-state index contributed by atoms with van der Waals surface area (Å²) in [4.78, 5) is 10.9. The molecular weight excluding hydrogens is 298 g/mol. The molecule has 0 bridgehead atoms. The fraction of sp³-hybridized carbons (Fsp3) is 0.462. The summed E-state index contributed by atoms with van der Waals surface area (Å²) in [7, 11) is -2.18. The summed E-state index contributed by atoms with van der Waals surface area (Å²) in [5.41, 5.74) is 0.710. The molecule has 0 amide bonds. The molecule has 7 nitrogen and oxygen atoms in total. The summed E-state index contributed by atoms with van der Waals surface area (Å²) in [6.07, 6.45) is 0.295. The first-order valence-electron chi connectivity index (χ1n) is 6.43. The first-order valence-corrected chi connectivity index (χ1v) is 8.09. The second kappa shape index (κ2) is 6.77. The van der Waals surface area contributed by atoms with Crippen molar-refractivity contribution in [1.29, 1.82) is 0 Å². The second-order valence-corrected chi connectivity index (χ2v) is 6.40. The van der Waals surface area contributed by atoms with E-state index in [1.807, 2.05) is 0 Å². The molecule has 1 aliphatic heterocycles. The van der Waals surface area contributed by atoms with Crippen LogP contribution in [0.4, 0.5) is 0 Å². The van der Waals surface area contributed by atoms with Crippen LogP contribution in [0, 0.1) is 0 Å². The molecule has 116 valence electrons. The van der Waals surface area contributed by atoms with Crippen LogP contribution in [0.1, 0.15) is 18.4 Å². The number of esters is 1. The first-order chi connectivity index (χ1) is 10.0. The van der Waals surface area contributed by atoms with Gasteiger partial charge in [-0.25, -0.2) is 13.1 Å². The van der Waals surface area contributed by atoms with Crippen molar-refractivity contribution < 1.29 is 27.4 Å². The van der Waals surface area contributed by atoms with Gasteiger partial charge >= 0.3 is 5.97 Å². The quantitative estimate of drug-likeness (QED) is 0.748. The van der Waals surface area contributed by atoms with Gasteiger partial charge in [0.15, 0.2) is 11.5 Å². The molecule has 0 fully saturated rings. The Bertz CT molecular complexity index is 613. The minimum Gasteiger partial charge on any atom is -0.469 e. The highest BCUT2D eigenvalue weighted by Crippen LogP contribution is 2.35. The predicted octanol–water partition coefficient (Wildman–Crippen LogP) is 0.788. The van der Waals surface area contributed by atoms with Crippen LogP contribution in [0.5, 0.6) is 11.5 Å². The maximum absolute atomic E-state index is 11.8. The molecule has 0 spiro atoms. The molecule has 1 N–H and O–H groups in total. The van der Waals surface area contributed by atoms with E-state index in [0.717, 1.165) is 0 Å². The van der Waals surface area contributed by atoms with Gasteiger partial charge < -0.3 is 14.2 Å². The van der Waals surface area contributed by atoms with E-state index >= 15 is 0 Å². The number of rotatable bonds is 7. The Hall–Kier alpha value is -1.80. The standard InChI is InChI=1S/C13H17NO6S/c1-18-12(15)6-3-7-21(16,17)14-8-10-4-2-5-11-13(10)20-9-19-11/h2,4-5,14H,3,6-9H2,1H3. The van der Waals surface area contributed by atoms with Crippen molar-refractivity contribution in [3.8, 4) is 11.5 Å². The molecule has 0 saturated carbocycles. The van der Waals surface area contributed by atoms with E-state index < -0.39 is 16.0 Å². The number of nitrogens with one attached hydrogen (secondary N) is 1. The number of carbonyl (C=O) groups excluding carboxylic acids is 1. The van der Waals surface area contributed by atoms with Gasteiger partial charge in [0.2, 0.25) is 16.8 Å². The van der Waals surface area contributed by atoms with E-state index in [2.05, 4.69) is 9.46 Å². The lowest BCUT2D eigenvalue weighted by atomic mass is 10.2. The summed E-state index contributed by atoms with van der Waals surface area (Å²) in [6, 6.07) is 5.30. The zero-order valence-corrected chi connectivity index (χ0v) is 12.4. The predicted molar refractivity (Wildman–Crippen MR) is 74.4 cm³/mol. The second-order valence-electron chi connectivity index (χ2n) is 4.47. The Labute approximate surface area is 123 Å². The summed E-state index contributed by atoms with van der Waals surface area (Å²) < 4.78 is 41.1. The Morgan fingerprint density at radius 1 is 1.38 bits per heavy atom. The molecule has 1 heterocycles. The van der Waals surface area contributed by atoms with Gasteiger partial charge in [-0.1, -0.05) is 12.1 Å². The summed E-state index contributed by atoms with van der Waals surface area (Å²) in [5.74, 6) is 0.623. The lowest BCUT2D eigenvalue weighted by Crippen LogP contribution is -2.26. The average molecular weight is 315 g/mol. The largest absolute Gasteiger partial charge is 0.469 e. The lowest BCUT2D eigenvalue weighted by molar-refractivity contribution is -0.140. The van der Waals surface area contributed by atoms with E-state index in [1.165, 1.54) is 7.11 Å². The van der Waals surface area contributed by atoms with Crippen molar-refractivity contribution in [1.82, 2.24) is 4.72 Å².